The van der Waals surface area contributed by atoms with Gasteiger partial charge in [0.05, 0.1) is 0 Å². The summed E-state index contributed by atoms with van der Waals surface area (Å²) in [5.41, 5.74) is 4.74. The Morgan fingerprint density at radius 1 is 1.13 bits per heavy atom. The van der Waals surface area contributed by atoms with Crippen LogP contribution in [-0.2, 0) is 25.9 Å². The van der Waals surface area contributed by atoms with Crippen LogP contribution in [0.15, 0.2) is 42.5 Å². The van der Waals surface area contributed by atoms with Crippen molar-refractivity contribution >= 4 is 6.03 Å². The lowest BCUT2D eigenvalue weighted by molar-refractivity contribution is 0.206. The average Bonchev–Trinajstić information content (AvgIpc) is 3.00. The predicted octanol–water partition coefficient (Wildman–Crippen LogP) is 3.66. The molecule has 0 radical (unpaired) electrons. The lowest BCUT2D eigenvalue weighted by Gasteiger charge is -2.18. The third-order valence-electron chi connectivity index (χ3n) is 4.26. The van der Waals surface area contributed by atoms with Crippen LogP contribution in [0, 0.1) is 5.82 Å². The van der Waals surface area contributed by atoms with Crippen LogP contribution in [0.2, 0.25) is 0 Å². The number of carbonyl (C=O) groups is 1. The van der Waals surface area contributed by atoms with E-state index >= 15 is 0 Å². The second-order valence-electron chi connectivity index (χ2n) is 6.10. The maximum absolute atomic E-state index is 13.2. The number of carbonyl (C=O) groups excluding carboxylic acids is 1. The highest BCUT2D eigenvalue weighted by atomic mass is 19.1. The zero-order chi connectivity index (χ0) is 16.2. The van der Waals surface area contributed by atoms with Crippen molar-refractivity contribution in [2.45, 2.75) is 32.4 Å². The quantitative estimate of drug-likeness (QED) is 0.918. The van der Waals surface area contributed by atoms with Gasteiger partial charge in [0.2, 0.25) is 0 Å². The van der Waals surface area contributed by atoms with Crippen molar-refractivity contribution in [2.24, 2.45) is 0 Å². The van der Waals surface area contributed by atoms with Gasteiger partial charge in [-0.2, -0.15) is 0 Å². The molecule has 0 spiro atoms. The molecular formula is C19H21FN2O. The minimum absolute atomic E-state index is 0.158. The molecule has 0 atom stereocenters. The fourth-order valence-electron chi connectivity index (χ4n) is 3.03. The van der Waals surface area contributed by atoms with Gasteiger partial charge in [0.1, 0.15) is 5.82 Å². The molecule has 0 bridgehead atoms. The van der Waals surface area contributed by atoms with Gasteiger partial charge in [-0.1, -0.05) is 30.3 Å². The van der Waals surface area contributed by atoms with Crippen LogP contribution in [0.5, 0.6) is 0 Å². The van der Waals surface area contributed by atoms with Gasteiger partial charge in [0.25, 0.3) is 0 Å². The number of benzene rings is 2. The van der Waals surface area contributed by atoms with E-state index in [0.29, 0.717) is 13.1 Å². The number of hydrogen-bond acceptors (Lipinski definition) is 1. The monoisotopic (exact) mass is 312 g/mol. The van der Waals surface area contributed by atoms with E-state index in [1.54, 1.807) is 18.0 Å². The Morgan fingerprint density at radius 3 is 2.78 bits per heavy atom. The summed E-state index contributed by atoms with van der Waals surface area (Å²) < 4.78 is 13.2. The molecule has 0 heterocycles. The summed E-state index contributed by atoms with van der Waals surface area (Å²) in [7, 11) is 1.71. The second kappa shape index (κ2) is 6.82. The van der Waals surface area contributed by atoms with Crippen molar-refractivity contribution in [1.82, 2.24) is 10.2 Å². The van der Waals surface area contributed by atoms with Crippen molar-refractivity contribution in [3.05, 3.63) is 70.5 Å². The Bertz CT molecular complexity index is 714. The molecular weight excluding hydrogens is 291 g/mol. The summed E-state index contributed by atoms with van der Waals surface area (Å²) in [6.07, 6.45) is 3.52. The first-order valence-electron chi connectivity index (χ1n) is 7.96. The first-order chi connectivity index (χ1) is 11.1. The highest BCUT2D eigenvalue weighted by Crippen LogP contribution is 2.22. The summed E-state index contributed by atoms with van der Waals surface area (Å²) in [6.45, 7) is 0.896. The molecule has 23 heavy (non-hydrogen) atoms. The van der Waals surface area contributed by atoms with Crippen LogP contribution >= 0.6 is 0 Å². The van der Waals surface area contributed by atoms with Crippen molar-refractivity contribution in [1.29, 1.82) is 0 Å². The zero-order valence-corrected chi connectivity index (χ0v) is 13.3. The van der Waals surface area contributed by atoms with E-state index in [1.165, 1.54) is 36.1 Å². The van der Waals surface area contributed by atoms with E-state index in [2.05, 4.69) is 23.5 Å². The van der Waals surface area contributed by atoms with E-state index in [1.807, 2.05) is 6.07 Å². The molecule has 3 rings (SSSR count). The van der Waals surface area contributed by atoms with E-state index in [-0.39, 0.29) is 11.8 Å². The summed E-state index contributed by atoms with van der Waals surface area (Å²) in [4.78, 5) is 13.7. The van der Waals surface area contributed by atoms with E-state index in [4.69, 9.17) is 0 Å². The van der Waals surface area contributed by atoms with Crippen molar-refractivity contribution in [3.8, 4) is 0 Å². The number of rotatable bonds is 4. The standard InChI is InChI=1S/C19H21FN2O/c1-22(13-15-4-2-7-18(20)11-15)19(23)21-12-14-8-9-16-5-3-6-17(16)10-14/h2,4,7-11H,3,5-6,12-13H2,1H3,(H,21,23). The smallest absolute Gasteiger partial charge is 0.317 e. The number of halogens is 1. The fraction of sp³-hybridized carbons (Fsp3) is 0.316. The van der Waals surface area contributed by atoms with Crippen LogP contribution in [0.4, 0.5) is 9.18 Å². The number of nitrogens with one attached hydrogen (secondary N) is 1. The molecule has 0 aliphatic heterocycles. The van der Waals surface area contributed by atoms with Gasteiger partial charge < -0.3 is 10.2 Å². The summed E-state index contributed by atoms with van der Waals surface area (Å²) in [5.74, 6) is -0.283. The van der Waals surface area contributed by atoms with E-state index in [0.717, 1.165) is 17.5 Å². The van der Waals surface area contributed by atoms with Crippen LogP contribution in [0.1, 0.15) is 28.7 Å². The number of amides is 2. The Labute approximate surface area is 136 Å². The first kappa shape index (κ1) is 15.5. The zero-order valence-electron chi connectivity index (χ0n) is 13.3. The maximum atomic E-state index is 13.2. The summed E-state index contributed by atoms with van der Waals surface area (Å²) >= 11 is 0. The third kappa shape index (κ3) is 3.89. The number of aryl methyl sites for hydroxylation is 2. The predicted molar refractivity (Wildman–Crippen MR) is 88.6 cm³/mol. The second-order valence-corrected chi connectivity index (χ2v) is 6.10. The molecule has 2 aromatic carbocycles. The van der Waals surface area contributed by atoms with Crippen LogP contribution < -0.4 is 5.32 Å². The van der Waals surface area contributed by atoms with Gasteiger partial charge in [0, 0.05) is 20.1 Å². The summed E-state index contributed by atoms with van der Waals surface area (Å²) in [6, 6.07) is 12.6. The number of urea groups is 1. The molecule has 4 heteroatoms. The number of hydrogen-bond donors (Lipinski definition) is 1. The molecule has 1 N–H and O–H groups in total. The average molecular weight is 312 g/mol. The lowest BCUT2D eigenvalue weighted by Crippen LogP contribution is -2.36. The van der Waals surface area contributed by atoms with Gasteiger partial charge in [-0.05, 0) is 53.6 Å². The molecule has 0 saturated carbocycles. The molecule has 120 valence electrons. The van der Waals surface area contributed by atoms with E-state index in [9.17, 15) is 9.18 Å². The Kier molecular flexibility index (Phi) is 4.60. The SMILES string of the molecule is CN(Cc1cccc(F)c1)C(=O)NCc1ccc2c(c1)CCC2. The van der Waals surface area contributed by atoms with Crippen molar-refractivity contribution in [3.63, 3.8) is 0 Å². The fourth-order valence-corrected chi connectivity index (χ4v) is 3.03. The molecule has 1 aliphatic rings. The molecule has 0 unspecified atom stereocenters. The van der Waals surface area contributed by atoms with Crippen molar-refractivity contribution in [2.75, 3.05) is 7.05 Å². The highest BCUT2D eigenvalue weighted by Gasteiger charge is 2.12. The Morgan fingerprint density at radius 2 is 1.96 bits per heavy atom. The van der Waals surface area contributed by atoms with Crippen LogP contribution in [-0.4, -0.2) is 18.0 Å². The number of nitrogens with zero attached hydrogens (tertiary/aromatic N) is 1. The van der Waals surface area contributed by atoms with Gasteiger partial charge in [-0.25, -0.2) is 9.18 Å². The topological polar surface area (TPSA) is 32.3 Å². The van der Waals surface area contributed by atoms with Crippen molar-refractivity contribution < 1.29 is 9.18 Å². The summed E-state index contributed by atoms with van der Waals surface area (Å²) in [5, 5.41) is 2.92. The largest absolute Gasteiger partial charge is 0.334 e. The van der Waals surface area contributed by atoms with Gasteiger partial charge in [-0.3, -0.25) is 0 Å². The maximum Gasteiger partial charge on any atom is 0.317 e. The van der Waals surface area contributed by atoms with E-state index < -0.39 is 0 Å². The van der Waals surface area contributed by atoms with Gasteiger partial charge in [-0.15, -0.1) is 0 Å². The molecule has 2 amide bonds. The van der Waals surface area contributed by atoms with Crippen LogP contribution in [0.25, 0.3) is 0 Å². The minimum Gasteiger partial charge on any atom is -0.334 e. The highest BCUT2D eigenvalue weighted by molar-refractivity contribution is 5.73. The lowest BCUT2D eigenvalue weighted by atomic mass is 10.1. The van der Waals surface area contributed by atoms with Gasteiger partial charge >= 0.3 is 6.03 Å². The molecule has 2 aromatic rings. The minimum atomic E-state index is -0.283. The molecule has 0 fully saturated rings. The molecule has 0 saturated heterocycles. The first-order valence-corrected chi connectivity index (χ1v) is 7.96. The Balaban J connectivity index is 1.54. The third-order valence-corrected chi connectivity index (χ3v) is 4.26. The Hall–Kier alpha value is -2.36. The van der Waals surface area contributed by atoms with Crippen LogP contribution in [0.3, 0.4) is 0 Å². The number of fused-ring (bicyclic) bond motifs is 1. The molecule has 0 aromatic heterocycles. The molecule has 3 nitrogen and oxygen atoms in total. The molecule has 1 aliphatic carbocycles. The van der Waals surface area contributed by atoms with Gasteiger partial charge in [0.15, 0.2) is 0 Å². The normalized spacial score (nSPS) is 12.8.